The number of aliphatic hydroxyl groups is 2. The number of hydrogen-bond acceptors (Lipinski definition) is 8. The van der Waals surface area contributed by atoms with Crippen LogP contribution in [0.25, 0.3) is 17.2 Å². The molecule has 1 aromatic carbocycles. The van der Waals surface area contributed by atoms with Gasteiger partial charge in [0.15, 0.2) is 17.7 Å². The number of nitrogens with zero attached hydrogens (tertiary/aromatic N) is 4. The Kier molecular flexibility index (Phi) is 5.64. The molecule has 30 heavy (non-hydrogen) atoms. The minimum atomic E-state index is -1.16. The van der Waals surface area contributed by atoms with Gasteiger partial charge < -0.3 is 26.0 Å². The zero-order chi connectivity index (χ0) is 21.3. The van der Waals surface area contributed by atoms with Crippen molar-refractivity contribution in [3.05, 3.63) is 53.6 Å². The Morgan fingerprint density at radius 3 is 2.80 bits per heavy atom. The van der Waals surface area contributed by atoms with Crippen LogP contribution in [-0.4, -0.2) is 60.5 Å². The van der Waals surface area contributed by atoms with E-state index in [1.807, 2.05) is 0 Å². The zero-order valence-electron chi connectivity index (χ0n) is 15.6. The molecule has 0 radical (unpaired) electrons. The molecule has 11 heteroatoms. The summed E-state index contributed by atoms with van der Waals surface area (Å²) in [7, 11) is 0. The van der Waals surface area contributed by atoms with Gasteiger partial charge in [-0.1, -0.05) is 23.7 Å². The molecule has 4 atom stereocenters. The number of carbonyl (C=O) groups is 1. The summed E-state index contributed by atoms with van der Waals surface area (Å²) in [5.41, 5.74) is 7.33. The zero-order valence-corrected chi connectivity index (χ0v) is 16.3. The van der Waals surface area contributed by atoms with Gasteiger partial charge in [0, 0.05) is 11.1 Å². The quantitative estimate of drug-likeness (QED) is 0.428. The summed E-state index contributed by atoms with van der Waals surface area (Å²) in [6, 6.07) is 6.12. The number of anilines is 1. The first kappa shape index (κ1) is 20.2. The summed E-state index contributed by atoms with van der Waals surface area (Å²) in [6.45, 7) is -0.400. The van der Waals surface area contributed by atoms with E-state index in [4.69, 9.17) is 22.1 Å². The predicted octanol–water partition coefficient (Wildman–Crippen LogP) is 0.511. The first-order chi connectivity index (χ1) is 14.5. The van der Waals surface area contributed by atoms with Crippen LogP contribution < -0.4 is 11.1 Å². The molecule has 2 aromatic heterocycles. The number of nitrogens with one attached hydrogen (secondary N) is 1. The average molecular weight is 431 g/mol. The number of fused-ring (bicyclic) bond motifs is 1. The fraction of sp³-hybridized carbons (Fsp3) is 0.263. The Balaban J connectivity index is 1.51. The number of amides is 1. The third kappa shape index (κ3) is 3.85. The number of carbonyl (C=O) groups excluding carboxylic acids is 1. The highest BCUT2D eigenvalue weighted by molar-refractivity contribution is 6.30. The van der Waals surface area contributed by atoms with E-state index in [2.05, 4.69) is 20.3 Å². The second-order valence-corrected chi connectivity index (χ2v) is 7.18. The Morgan fingerprint density at radius 1 is 1.30 bits per heavy atom. The molecule has 1 saturated heterocycles. The van der Waals surface area contributed by atoms with E-state index in [-0.39, 0.29) is 5.82 Å². The Bertz CT molecular complexity index is 1090. The molecule has 3 aromatic rings. The third-order valence-corrected chi connectivity index (χ3v) is 5.07. The highest BCUT2D eigenvalue weighted by Gasteiger charge is 2.45. The molecule has 0 aliphatic carbocycles. The minimum absolute atomic E-state index is 0.196. The molecule has 156 valence electrons. The van der Waals surface area contributed by atoms with Gasteiger partial charge in [-0.25, -0.2) is 15.0 Å². The van der Waals surface area contributed by atoms with Crippen molar-refractivity contribution in [3.63, 3.8) is 0 Å². The number of aliphatic hydroxyl groups excluding tert-OH is 2. The Labute approximate surface area is 176 Å². The summed E-state index contributed by atoms with van der Waals surface area (Å²) in [5.74, 6) is -0.249. The fourth-order valence-electron chi connectivity index (χ4n) is 3.32. The molecule has 3 heterocycles. The molecular weight excluding hydrogens is 412 g/mol. The number of halogens is 1. The molecule has 0 bridgehead atoms. The second-order valence-electron chi connectivity index (χ2n) is 6.74. The maximum atomic E-state index is 12.4. The molecule has 0 unspecified atom stereocenters. The number of nitrogens with two attached hydrogens (primary N) is 1. The topological polar surface area (TPSA) is 148 Å². The van der Waals surface area contributed by atoms with E-state index in [0.717, 1.165) is 5.56 Å². The maximum Gasteiger partial charge on any atom is 0.244 e. The number of hydrogen-bond donors (Lipinski definition) is 4. The van der Waals surface area contributed by atoms with Gasteiger partial charge in [0.2, 0.25) is 5.91 Å². The SMILES string of the molecule is Nc1ncnc2c1ncn2[C@@H]1O[C@H](CO)[C@@H](NC(=O)/C=C\c2ccc(Cl)cc2)[C@H]1O. The lowest BCUT2D eigenvalue weighted by Gasteiger charge is -2.20. The van der Waals surface area contributed by atoms with Crippen molar-refractivity contribution < 1.29 is 19.7 Å². The summed E-state index contributed by atoms with van der Waals surface area (Å²) in [5, 5.41) is 23.8. The molecule has 4 rings (SSSR count). The van der Waals surface area contributed by atoms with E-state index >= 15 is 0 Å². The van der Waals surface area contributed by atoms with Crippen molar-refractivity contribution in [3.8, 4) is 0 Å². The van der Waals surface area contributed by atoms with E-state index in [9.17, 15) is 15.0 Å². The van der Waals surface area contributed by atoms with Crippen LogP contribution in [-0.2, 0) is 9.53 Å². The number of imidazole rings is 1. The Morgan fingerprint density at radius 2 is 2.07 bits per heavy atom. The summed E-state index contributed by atoms with van der Waals surface area (Å²) in [4.78, 5) is 24.5. The van der Waals surface area contributed by atoms with Crippen molar-refractivity contribution in [2.24, 2.45) is 0 Å². The largest absolute Gasteiger partial charge is 0.394 e. The maximum absolute atomic E-state index is 12.4. The van der Waals surface area contributed by atoms with Gasteiger partial charge in [-0.15, -0.1) is 0 Å². The fourth-order valence-corrected chi connectivity index (χ4v) is 3.45. The second kappa shape index (κ2) is 8.36. The van der Waals surface area contributed by atoms with Crippen LogP contribution in [0.2, 0.25) is 5.02 Å². The lowest BCUT2D eigenvalue weighted by atomic mass is 10.1. The Hall–Kier alpha value is -3.05. The van der Waals surface area contributed by atoms with Crippen LogP contribution in [0, 0.1) is 0 Å². The van der Waals surface area contributed by atoms with E-state index in [0.29, 0.717) is 16.2 Å². The van der Waals surface area contributed by atoms with Crippen LogP contribution in [0.1, 0.15) is 11.8 Å². The van der Waals surface area contributed by atoms with Crippen molar-refractivity contribution in [2.75, 3.05) is 12.3 Å². The summed E-state index contributed by atoms with van der Waals surface area (Å²) >= 11 is 5.85. The van der Waals surface area contributed by atoms with Gasteiger partial charge in [0.05, 0.1) is 19.0 Å². The summed E-state index contributed by atoms with van der Waals surface area (Å²) < 4.78 is 7.27. The molecule has 1 fully saturated rings. The summed E-state index contributed by atoms with van der Waals surface area (Å²) in [6.07, 6.45) is 2.73. The molecule has 1 amide bonds. The van der Waals surface area contributed by atoms with Gasteiger partial charge in [0.1, 0.15) is 24.1 Å². The third-order valence-electron chi connectivity index (χ3n) is 4.82. The van der Waals surface area contributed by atoms with Crippen molar-refractivity contribution in [1.29, 1.82) is 0 Å². The van der Waals surface area contributed by atoms with Crippen LogP contribution >= 0.6 is 11.6 Å². The lowest BCUT2D eigenvalue weighted by molar-refractivity contribution is -0.118. The van der Waals surface area contributed by atoms with Gasteiger partial charge in [-0.3, -0.25) is 9.36 Å². The van der Waals surface area contributed by atoms with E-state index in [1.54, 1.807) is 30.3 Å². The standard InChI is InChI=1S/C19H19ClN6O4/c20-11-4-1-10(2-5-11)3-6-13(28)25-14-12(7-27)30-19(16(14)29)26-9-24-15-17(21)22-8-23-18(15)26/h1-6,8-9,12,14,16,19,27,29H,7H2,(H,25,28)(H2,21,22,23)/b6-3-/t12-,14-,16-,19-/m1/s1. The molecule has 5 N–H and O–H groups in total. The van der Waals surface area contributed by atoms with Crippen molar-refractivity contribution in [2.45, 2.75) is 24.5 Å². The lowest BCUT2D eigenvalue weighted by Crippen LogP contribution is -2.47. The van der Waals surface area contributed by atoms with Crippen molar-refractivity contribution >= 4 is 40.6 Å². The number of rotatable bonds is 5. The number of ether oxygens (including phenoxy) is 1. The smallest absolute Gasteiger partial charge is 0.244 e. The first-order valence-corrected chi connectivity index (χ1v) is 9.47. The predicted molar refractivity (Wildman–Crippen MR) is 109 cm³/mol. The highest BCUT2D eigenvalue weighted by atomic mass is 35.5. The normalized spacial score (nSPS) is 24.0. The minimum Gasteiger partial charge on any atom is -0.394 e. The molecule has 1 aliphatic heterocycles. The monoisotopic (exact) mass is 430 g/mol. The molecule has 10 nitrogen and oxygen atoms in total. The molecular formula is C19H19ClN6O4. The van der Waals surface area contributed by atoms with Crippen molar-refractivity contribution in [1.82, 2.24) is 24.8 Å². The highest BCUT2D eigenvalue weighted by Crippen LogP contribution is 2.31. The molecule has 1 aliphatic rings. The number of nitrogen functional groups attached to an aromatic ring is 1. The van der Waals surface area contributed by atoms with Crippen LogP contribution in [0.3, 0.4) is 0 Å². The van der Waals surface area contributed by atoms with Crippen LogP contribution in [0.5, 0.6) is 0 Å². The van der Waals surface area contributed by atoms with Gasteiger partial charge >= 0.3 is 0 Å². The molecule has 0 saturated carbocycles. The number of benzene rings is 1. The van der Waals surface area contributed by atoms with Crippen LogP contribution in [0.4, 0.5) is 5.82 Å². The van der Waals surface area contributed by atoms with Gasteiger partial charge in [0.25, 0.3) is 0 Å². The van der Waals surface area contributed by atoms with E-state index in [1.165, 1.54) is 23.3 Å². The van der Waals surface area contributed by atoms with E-state index < -0.39 is 37.0 Å². The first-order valence-electron chi connectivity index (χ1n) is 9.09. The molecule has 0 spiro atoms. The van der Waals surface area contributed by atoms with Gasteiger partial charge in [-0.2, -0.15) is 0 Å². The number of aromatic nitrogens is 4. The van der Waals surface area contributed by atoms with Crippen LogP contribution in [0.15, 0.2) is 43.0 Å². The van der Waals surface area contributed by atoms with Gasteiger partial charge in [-0.05, 0) is 23.8 Å². The average Bonchev–Trinajstić information content (AvgIpc) is 3.30.